The van der Waals surface area contributed by atoms with Gasteiger partial charge < -0.3 is 10.6 Å². The zero-order valence-corrected chi connectivity index (χ0v) is 12.3. The van der Waals surface area contributed by atoms with Crippen LogP contribution in [0.4, 0.5) is 0 Å². The molecule has 1 rings (SSSR count). The number of hydrogen-bond donors (Lipinski definition) is 4. The number of amides is 4. The summed E-state index contributed by atoms with van der Waals surface area (Å²) in [6.45, 7) is 3.06. The van der Waals surface area contributed by atoms with Crippen molar-refractivity contribution >= 4 is 23.6 Å². The molecule has 0 bridgehead atoms. The first-order valence-corrected chi connectivity index (χ1v) is 6.63. The fraction of sp³-hybridized carbons (Fsp3) is 0.286. The molecule has 0 heterocycles. The third-order valence-corrected chi connectivity index (χ3v) is 2.39. The van der Waals surface area contributed by atoms with E-state index in [1.165, 1.54) is 0 Å². The van der Waals surface area contributed by atoms with E-state index in [0.717, 1.165) is 0 Å². The van der Waals surface area contributed by atoms with Gasteiger partial charge in [0.1, 0.15) is 0 Å². The minimum Gasteiger partial charge on any atom is -0.346 e. The van der Waals surface area contributed by atoms with Crippen LogP contribution in [0.3, 0.4) is 0 Å². The van der Waals surface area contributed by atoms with Crippen LogP contribution in [-0.4, -0.2) is 36.2 Å². The van der Waals surface area contributed by atoms with Gasteiger partial charge in [-0.1, -0.05) is 18.2 Å². The smallest absolute Gasteiger partial charge is 0.327 e. The minimum absolute atomic E-state index is 0.195. The second kappa shape index (κ2) is 8.40. The van der Waals surface area contributed by atoms with E-state index in [4.69, 9.17) is 0 Å². The van der Waals surface area contributed by atoms with Crippen molar-refractivity contribution in [1.82, 2.24) is 21.5 Å². The largest absolute Gasteiger partial charge is 0.346 e. The van der Waals surface area contributed by atoms with Crippen molar-refractivity contribution in [1.29, 1.82) is 0 Å². The first kappa shape index (κ1) is 17.2. The molecule has 0 aromatic heterocycles. The normalized spacial score (nSPS) is 9.77. The predicted molar refractivity (Wildman–Crippen MR) is 78.3 cm³/mol. The molecule has 0 saturated carbocycles. The lowest BCUT2D eigenvalue weighted by atomic mass is 10.2. The first-order valence-electron chi connectivity index (χ1n) is 6.63. The molecular formula is C14H18N4O4. The number of nitrogens with one attached hydrogen (secondary N) is 4. The molecule has 0 aliphatic carbocycles. The average Bonchev–Trinajstić information content (AvgIpc) is 2.50. The topological polar surface area (TPSA) is 116 Å². The molecule has 0 fully saturated rings. The molecule has 118 valence electrons. The molecular weight excluding hydrogens is 288 g/mol. The van der Waals surface area contributed by atoms with Crippen molar-refractivity contribution in [3.63, 3.8) is 0 Å². The Bertz CT molecular complexity index is 557. The standard InChI is InChI=1S/C14H18N4O4/c1-9(2)16-13(21)14(22)18-17-11(19)8-15-12(20)10-6-4-3-5-7-10/h3-7,9H,8H2,1-2H3,(H,15,20)(H,16,21)(H,17,19)(H,18,22). The molecule has 0 saturated heterocycles. The summed E-state index contributed by atoms with van der Waals surface area (Å²) in [6, 6.07) is 8.17. The fourth-order valence-electron chi connectivity index (χ4n) is 1.41. The van der Waals surface area contributed by atoms with Gasteiger partial charge in [0.05, 0.1) is 6.54 Å². The van der Waals surface area contributed by atoms with Crippen LogP contribution in [0.15, 0.2) is 30.3 Å². The van der Waals surface area contributed by atoms with Crippen LogP contribution >= 0.6 is 0 Å². The number of hydrazine groups is 1. The SMILES string of the molecule is CC(C)NC(=O)C(=O)NNC(=O)CNC(=O)c1ccccc1. The summed E-state index contributed by atoms with van der Waals surface area (Å²) >= 11 is 0. The molecule has 1 aromatic carbocycles. The van der Waals surface area contributed by atoms with E-state index < -0.39 is 23.6 Å². The Hall–Kier alpha value is -2.90. The number of carbonyl (C=O) groups excluding carboxylic acids is 4. The third-order valence-electron chi connectivity index (χ3n) is 2.39. The Balaban J connectivity index is 2.31. The van der Waals surface area contributed by atoms with Gasteiger partial charge in [0.25, 0.3) is 11.8 Å². The van der Waals surface area contributed by atoms with Gasteiger partial charge in [0.15, 0.2) is 0 Å². The Morgan fingerprint density at radius 1 is 0.955 bits per heavy atom. The van der Waals surface area contributed by atoms with Crippen molar-refractivity contribution in [2.24, 2.45) is 0 Å². The van der Waals surface area contributed by atoms with Gasteiger partial charge in [-0.05, 0) is 26.0 Å². The van der Waals surface area contributed by atoms with Crippen LogP contribution in [0.1, 0.15) is 24.2 Å². The molecule has 0 unspecified atom stereocenters. The summed E-state index contributed by atoms with van der Waals surface area (Å²) in [5.74, 6) is -2.92. The summed E-state index contributed by atoms with van der Waals surface area (Å²) in [5, 5.41) is 4.75. The van der Waals surface area contributed by atoms with E-state index in [1.807, 2.05) is 10.9 Å². The maximum absolute atomic E-state index is 11.7. The Morgan fingerprint density at radius 2 is 1.59 bits per heavy atom. The van der Waals surface area contributed by atoms with Gasteiger partial charge in [0, 0.05) is 11.6 Å². The molecule has 0 radical (unpaired) electrons. The van der Waals surface area contributed by atoms with E-state index >= 15 is 0 Å². The van der Waals surface area contributed by atoms with Crippen LogP contribution in [0, 0.1) is 0 Å². The fourth-order valence-corrected chi connectivity index (χ4v) is 1.41. The maximum atomic E-state index is 11.7. The predicted octanol–water partition coefficient (Wildman–Crippen LogP) is -0.912. The van der Waals surface area contributed by atoms with E-state index in [0.29, 0.717) is 5.56 Å². The number of benzene rings is 1. The summed E-state index contributed by atoms with van der Waals surface area (Å²) in [4.78, 5) is 45.7. The third kappa shape index (κ3) is 6.04. The molecule has 8 nitrogen and oxygen atoms in total. The van der Waals surface area contributed by atoms with E-state index in [1.54, 1.807) is 44.2 Å². The van der Waals surface area contributed by atoms with Crippen molar-refractivity contribution in [2.75, 3.05) is 6.54 Å². The van der Waals surface area contributed by atoms with Gasteiger partial charge in [0.2, 0.25) is 0 Å². The Morgan fingerprint density at radius 3 is 2.18 bits per heavy atom. The van der Waals surface area contributed by atoms with Gasteiger partial charge in [-0.2, -0.15) is 0 Å². The highest BCUT2D eigenvalue weighted by Crippen LogP contribution is 1.96. The van der Waals surface area contributed by atoms with Gasteiger partial charge >= 0.3 is 11.8 Å². The molecule has 4 N–H and O–H groups in total. The van der Waals surface area contributed by atoms with Gasteiger partial charge in [-0.3, -0.25) is 30.0 Å². The van der Waals surface area contributed by atoms with Crippen LogP contribution in [-0.2, 0) is 14.4 Å². The number of hydrogen-bond acceptors (Lipinski definition) is 4. The lowest BCUT2D eigenvalue weighted by Crippen LogP contribution is -2.51. The molecule has 0 atom stereocenters. The number of carbonyl (C=O) groups is 4. The summed E-state index contributed by atoms with van der Waals surface area (Å²) in [6.07, 6.45) is 0. The van der Waals surface area contributed by atoms with Crippen molar-refractivity contribution in [3.8, 4) is 0 Å². The van der Waals surface area contributed by atoms with Crippen LogP contribution in [0.2, 0.25) is 0 Å². The van der Waals surface area contributed by atoms with Crippen molar-refractivity contribution in [2.45, 2.75) is 19.9 Å². The van der Waals surface area contributed by atoms with Crippen LogP contribution in [0.5, 0.6) is 0 Å². The molecule has 4 amide bonds. The molecule has 8 heteroatoms. The molecule has 0 aliphatic rings. The molecule has 1 aromatic rings. The summed E-state index contributed by atoms with van der Waals surface area (Å²) < 4.78 is 0. The lowest BCUT2D eigenvalue weighted by Gasteiger charge is -2.10. The zero-order chi connectivity index (χ0) is 16.5. The highest BCUT2D eigenvalue weighted by Gasteiger charge is 2.15. The Kier molecular flexibility index (Phi) is 6.55. The van der Waals surface area contributed by atoms with Crippen molar-refractivity contribution < 1.29 is 19.2 Å². The van der Waals surface area contributed by atoms with Crippen molar-refractivity contribution in [3.05, 3.63) is 35.9 Å². The zero-order valence-electron chi connectivity index (χ0n) is 12.3. The molecule has 0 spiro atoms. The average molecular weight is 306 g/mol. The monoisotopic (exact) mass is 306 g/mol. The number of rotatable bonds is 4. The lowest BCUT2D eigenvalue weighted by molar-refractivity contribution is -0.141. The highest BCUT2D eigenvalue weighted by atomic mass is 16.2. The van der Waals surface area contributed by atoms with Crippen LogP contribution in [0.25, 0.3) is 0 Å². The quantitative estimate of drug-likeness (QED) is 0.425. The second-order valence-corrected chi connectivity index (χ2v) is 4.68. The Labute approximate surface area is 127 Å². The molecule has 0 aliphatic heterocycles. The maximum Gasteiger partial charge on any atom is 0.327 e. The molecule has 22 heavy (non-hydrogen) atoms. The summed E-state index contributed by atoms with van der Waals surface area (Å²) in [7, 11) is 0. The van der Waals surface area contributed by atoms with E-state index in [2.05, 4.69) is 10.6 Å². The highest BCUT2D eigenvalue weighted by molar-refractivity contribution is 6.35. The summed E-state index contributed by atoms with van der Waals surface area (Å²) in [5.41, 5.74) is 4.39. The van der Waals surface area contributed by atoms with E-state index in [9.17, 15) is 19.2 Å². The second-order valence-electron chi connectivity index (χ2n) is 4.68. The van der Waals surface area contributed by atoms with Gasteiger partial charge in [-0.25, -0.2) is 0 Å². The van der Waals surface area contributed by atoms with E-state index in [-0.39, 0.29) is 12.6 Å². The first-order chi connectivity index (χ1) is 10.4. The van der Waals surface area contributed by atoms with Crippen LogP contribution < -0.4 is 21.5 Å². The minimum atomic E-state index is -0.989. The van der Waals surface area contributed by atoms with Gasteiger partial charge in [-0.15, -0.1) is 0 Å².